The third kappa shape index (κ3) is 4.97. The summed E-state index contributed by atoms with van der Waals surface area (Å²) < 4.78 is 20.0. The second-order valence-electron chi connectivity index (χ2n) is 8.42. The maximum atomic E-state index is 11.2. The molecule has 4 rings (SSSR count). The number of aliphatic hydroxyl groups excluding tert-OH is 3. The van der Waals surface area contributed by atoms with Crippen LogP contribution in [0.1, 0.15) is 23.6 Å². The van der Waals surface area contributed by atoms with Gasteiger partial charge in [0.15, 0.2) is 6.10 Å². The molecular weight excluding hydrogens is 458 g/mol. The lowest BCUT2D eigenvalue weighted by molar-refractivity contribution is -0.385. The number of H-pyrrole nitrogens is 1. The maximum Gasteiger partial charge on any atom is 0.508 e. The average Bonchev–Trinajstić information content (AvgIpc) is 3.28. The van der Waals surface area contributed by atoms with Crippen molar-refractivity contribution >= 4 is 17.1 Å². The van der Waals surface area contributed by atoms with Gasteiger partial charge in [-0.15, -0.1) is 0 Å². The molecule has 1 aromatic heterocycles. The van der Waals surface area contributed by atoms with Gasteiger partial charge in [-0.25, -0.2) is 4.79 Å². The molecule has 188 valence electrons. The molecule has 0 spiro atoms. The summed E-state index contributed by atoms with van der Waals surface area (Å²) in [4.78, 5) is 14.4. The Morgan fingerprint density at radius 1 is 1.11 bits per heavy atom. The van der Waals surface area contributed by atoms with Crippen molar-refractivity contribution in [1.82, 2.24) is 4.98 Å². The minimum Gasteiger partial charge on any atom is -0.454 e. The summed E-state index contributed by atoms with van der Waals surface area (Å²) in [5.41, 5.74) is 3.89. The highest BCUT2D eigenvalue weighted by molar-refractivity contribution is 5.89. The lowest BCUT2D eigenvalue weighted by Crippen LogP contribution is -2.69. The van der Waals surface area contributed by atoms with Crippen molar-refractivity contribution in [1.29, 1.82) is 0 Å². The quantitative estimate of drug-likeness (QED) is 0.247. The Balaban J connectivity index is 1.58. The topological polar surface area (TPSA) is 151 Å². The summed E-state index contributed by atoms with van der Waals surface area (Å²) in [6, 6.07) is 13.3. The van der Waals surface area contributed by atoms with Gasteiger partial charge in [-0.1, -0.05) is 37.3 Å². The summed E-state index contributed by atoms with van der Waals surface area (Å²) in [5, 5.41) is 43.3. The molecule has 1 aliphatic rings. The van der Waals surface area contributed by atoms with Crippen LogP contribution in [0.25, 0.3) is 10.9 Å². The number of fused-ring (bicyclic) bond motifs is 1. The van der Waals surface area contributed by atoms with Crippen LogP contribution in [0, 0.1) is 0 Å². The first-order chi connectivity index (χ1) is 16.8. The van der Waals surface area contributed by atoms with Crippen molar-refractivity contribution in [3.05, 3.63) is 65.4 Å². The van der Waals surface area contributed by atoms with Crippen LogP contribution in [-0.4, -0.2) is 75.7 Å². The van der Waals surface area contributed by atoms with Crippen molar-refractivity contribution < 1.29 is 44.2 Å². The fourth-order valence-corrected chi connectivity index (χ4v) is 4.13. The second-order valence-corrected chi connectivity index (χ2v) is 8.42. The largest absolute Gasteiger partial charge is 0.508 e. The van der Waals surface area contributed by atoms with Crippen LogP contribution in [0.5, 0.6) is 5.75 Å². The highest BCUT2D eigenvalue weighted by Gasteiger charge is 2.57. The van der Waals surface area contributed by atoms with E-state index in [0.29, 0.717) is 11.8 Å². The fraction of sp³-hybridized carbons (Fsp3) is 0.400. The number of ether oxygens (including phenoxy) is 4. The predicted molar refractivity (Wildman–Crippen MR) is 124 cm³/mol. The smallest absolute Gasteiger partial charge is 0.454 e. The van der Waals surface area contributed by atoms with Crippen molar-refractivity contribution in [2.75, 3.05) is 13.7 Å². The summed E-state index contributed by atoms with van der Waals surface area (Å²) in [6.45, 7) is 1.57. The average molecular weight is 488 g/mol. The van der Waals surface area contributed by atoms with E-state index in [-0.39, 0.29) is 5.75 Å². The van der Waals surface area contributed by atoms with Crippen molar-refractivity contribution in [3.8, 4) is 5.75 Å². The fourth-order valence-electron chi connectivity index (χ4n) is 4.13. The van der Waals surface area contributed by atoms with E-state index in [1.54, 1.807) is 12.1 Å². The Morgan fingerprint density at radius 2 is 1.83 bits per heavy atom. The SMILES string of the molecule is CCc1ccc(Cc2c[nH]c3cccc(O[C@]4(O)[C@@H](O)O[C@H](COC(=O)OC)[C@@H](O)[C@@H]4O)c23)cc1. The number of carbonyl (C=O) groups is 1. The predicted octanol–water partition coefficient (Wildman–Crippen LogP) is 1.61. The highest BCUT2D eigenvalue weighted by Crippen LogP contribution is 2.37. The zero-order chi connectivity index (χ0) is 25.2. The Bertz CT molecular complexity index is 1160. The molecule has 1 saturated heterocycles. The third-order valence-electron chi connectivity index (χ3n) is 6.17. The number of nitrogens with one attached hydrogen (secondary N) is 1. The minimum atomic E-state index is -2.70. The Kier molecular flexibility index (Phi) is 7.29. The number of hydrogen-bond donors (Lipinski definition) is 5. The number of aromatic nitrogens is 1. The molecule has 3 aromatic rings. The molecule has 1 fully saturated rings. The monoisotopic (exact) mass is 487 g/mol. The molecule has 2 heterocycles. The van der Waals surface area contributed by atoms with Crippen LogP contribution >= 0.6 is 0 Å². The lowest BCUT2D eigenvalue weighted by Gasteiger charge is -2.45. The van der Waals surface area contributed by atoms with Gasteiger partial charge in [0.2, 0.25) is 6.29 Å². The van der Waals surface area contributed by atoms with E-state index in [9.17, 15) is 25.2 Å². The highest BCUT2D eigenvalue weighted by atomic mass is 16.7. The first-order valence-corrected chi connectivity index (χ1v) is 11.2. The molecule has 0 bridgehead atoms. The molecule has 0 amide bonds. The van der Waals surface area contributed by atoms with Crippen molar-refractivity contribution in [2.45, 2.75) is 50.2 Å². The Hall–Kier alpha value is -3.15. The molecule has 5 N–H and O–H groups in total. The number of aliphatic hydroxyl groups is 4. The minimum absolute atomic E-state index is 0.171. The van der Waals surface area contributed by atoms with Crippen LogP contribution in [0.3, 0.4) is 0 Å². The van der Waals surface area contributed by atoms with Gasteiger partial charge >= 0.3 is 6.16 Å². The molecule has 2 aromatic carbocycles. The molecule has 5 atom stereocenters. The molecule has 0 aliphatic carbocycles. The van der Waals surface area contributed by atoms with Gasteiger partial charge in [0, 0.05) is 17.1 Å². The third-order valence-corrected chi connectivity index (χ3v) is 6.17. The van der Waals surface area contributed by atoms with Crippen LogP contribution < -0.4 is 4.74 Å². The molecule has 1 aliphatic heterocycles. The van der Waals surface area contributed by atoms with Crippen molar-refractivity contribution in [3.63, 3.8) is 0 Å². The molecular formula is C25H29NO9. The van der Waals surface area contributed by atoms with E-state index < -0.39 is 43.2 Å². The Morgan fingerprint density at radius 3 is 2.51 bits per heavy atom. The molecule has 35 heavy (non-hydrogen) atoms. The van der Waals surface area contributed by atoms with E-state index in [0.717, 1.165) is 30.2 Å². The van der Waals surface area contributed by atoms with Gasteiger partial charge in [0.1, 0.15) is 24.6 Å². The van der Waals surface area contributed by atoms with E-state index in [2.05, 4.69) is 28.8 Å². The van der Waals surface area contributed by atoms with Crippen molar-refractivity contribution in [2.24, 2.45) is 0 Å². The number of methoxy groups -OCH3 is 1. The van der Waals surface area contributed by atoms with E-state index in [1.807, 2.05) is 24.4 Å². The second kappa shape index (κ2) is 10.2. The van der Waals surface area contributed by atoms with Gasteiger partial charge in [-0.2, -0.15) is 0 Å². The first-order valence-electron chi connectivity index (χ1n) is 11.2. The van der Waals surface area contributed by atoms with Crippen LogP contribution in [0.15, 0.2) is 48.7 Å². The number of aryl methyl sites for hydroxylation is 1. The molecule has 0 radical (unpaired) electrons. The summed E-state index contributed by atoms with van der Waals surface area (Å²) >= 11 is 0. The lowest BCUT2D eigenvalue weighted by atomic mass is 9.95. The van der Waals surface area contributed by atoms with Crippen LogP contribution in [0.2, 0.25) is 0 Å². The summed E-state index contributed by atoms with van der Waals surface area (Å²) in [6.07, 6.45) is -4.81. The number of rotatable bonds is 7. The van der Waals surface area contributed by atoms with Gasteiger partial charge < -0.3 is 44.4 Å². The number of hydrogen-bond acceptors (Lipinski definition) is 9. The van der Waals surface area contributed by atoms with E-state index in [1.165, 1.54) is 5.56 Å². The summed E-state index contributed by atoms with van der Waals surface area (Å²) in [7, 11) is 1.10. The number of aromatic amines is 1. The van der Waals surface area contributed by atoms with Gasteiger partial charge in [0.05, 0.1) is 7.11 Å². The number of carbonyl (C=O) groups excluding carboxylic acids is 1. The molecule has 10 heteroatoms. The zero-order valence-corrected chi connectivity index (χ0v) is 19.4. The van der Waals surface area contributed by atoms with E-state index in [4.69, 9.17) is 14.2 Å². The van der Waals surface area contributed by atoms with Crippen LogP contribution in [-0.2, 0) is 27.1 Å². The van der Waals surface area contributed by atoms with Gasteiger partial charge in [-0.3, -0.25) is 0 Å². The van der Waals surface area contributed by atoms with Gasteiger partial charge in [-0.05, 0) is 41.7 Å². The summed E-state index contributed by atoms with van der Waals surface area (Å²) in [5.74, 6) is -2.53. The first kappa shape index (κ1) is 25.0. The molecule has 0 saturated carbocycles. The van der Waals surface area contributed by atoms with Gasteiger partial charge in [0.25, 0.3) is 5.79 Å². The zero-order valence-electron chi connectivity index (χ0n) is 19.4. The molecule has 0 unspecified atom stereocenters. The normalized spacial score (nSPS) is 26.5. The van der Waals surface area contributed by atoms with E-state index >= 15 is 0 Å². The standard InChI is InChI=1S/C25H29NO9/c1-3-14-7-9-15(10-8-14)11-16-12-26-17-5-4-6-18(20(16)17)35-25(31)22(28)21(27)19(34-23(25)29)13-33-24(30)32-2/h4-10,12,19,21-23,26-29,31H,3,11,13H2,1-2H3/t19-,21-,22+,23+,25+/m1/s1. The molecule has 10 nitrogen and oxygen atoms in total. The Labute approximate surface area is 201 Å². The number of benzene rings is 2. The van der Waals surface area contributed by atoms with Crippen LogP contribution in [0.4, 0.5) is 4.79 Å². The maximum absolute atomic E-state index is 11.2.